The number of rotatable bonds is 6. The molecule has 4 nitrogen and oxygen atoms in total. The van der Waals surface area contributed by atoms with Crippen LogP contribution in [0, 0.1) is 0 Å². The van der Waals surface area contributed by atoms with Crippen molar-refractivity contribution in [2.45, 2.75) is 12.8 Å². The minimum atomic E-state index is -0.0375. The first-order valence-electron chi connectivity index (χ1n) is 7.10. The fraction of sp³-hybridized carbons (Fsp3) is 0.176. The van der Waals surface area contributed by atoms with Crippen molar-refractivity contribution in [3.8, 4) is 11.5 Å². The topological polar surface area (TPSA) is 55.1 Å². The smallest absolute Gasteiger partial charge is 0.226 e. The molecule has 1 N–H and O–H groups in total. The summed E-state index contributed by atoms with van der Waals surface area (Å²) in [5, 5.41) is 4.94. The first-order chi connectivity index (χ1) is 10.8. The second-order valence-electron chi connectivity index (χ2n) is 4.87. The van der Waals surface area contributed by atoms with Gasteiger partial charge in [0.15, 0.2) is 0 Å². The number of carbonyl (C=O) groups excluding carboxylic acids is 1. The predicted molar refractivity (Wildman–Crippen MR) is 86.7 cm³/mol. The normalized spacial score (nSPS) is 10.5. The maximum atomic E-state index is 11.9. The number of hydrogen-bond donors (Lipinski definition) is 1. The van der Waals surface area contributed by atoms with Gasteiger partial charge >= 0.3 is 0 Å². The number of aromatic nitrogens is 1. The zero-order valence-electron chi connectivity index (χ0n) is 12.0. The molecule has 0 bridgehead atoms. The lowest BCUT2D eigenvalue weighted by molar-refractivity contribution is -0.120. The van der Waals surface area contributed by atoms with Gasteiger partial charge in [-0.2, -0.15) is 0 Å². The molecule has 3 rings (SSSR count). The number of oxazole rings is 1. The van der Waals surface area contributed by atoms with Crippen LogP contribution in [0.5, 0.6) is 0 Å². The highest BCUT2D eigenvalue weighted by atomic mass is 32.1. The minimum absolute atomic E-state index is 0.0375. The number of carbonyl (C=O) groups is 1. The van der Waals surface area contributed by atoms with E-state index in [1.807, 2.05) is 41.8 Å². The molecule has 0 unspecified atom stereocenters. The number of thiophene rings is 1. The van der Waals surface area contributed by atoms with Gasteiger partial charge < -0.3 is 9.73 Å². The minimum Gasteiger partial charge on any atom is -0.444 e. The highest BCUT2D eigenvalue weighted by Crippen LogP contribution is 2.18. The molecule has 1 aromatic carbocycles. The summed E-state index contributed by atoms with van der Waals surface area (Å²) in [6.45, 7) is 0.642. The van der Waals surface area contributed by atoms with Crippen molar-refractivity contribution in [1.29, 1.82) is 0 Å². The van der Waals surface area contributed by atoms with Gasteiger partial charge in [-0.3, -0.25) is 4.79 Å². The molecule has 0 spiro atoms. The summed E-state index contributed by atoms with van der Waals surface area (Å²) in [4.78, 5) is 17.5. The van der Waals surface area contributed by atoms with Gasteiger partial charge in [-0.05, 0) is 30.0 Å². The fourth-order valence-electron chi connectivity index (χ4n) is 2.11. The lowest BCUT2D eigenvalue weighted by atomic mass is 10.2. The lowest BCUT2D eigenvalue weighted by Crippen LogP contribution is -2.27. The third kappa shape index (κ3) is 3.83. The number of nitrogens with one attached hydrogen (secondary N) is 1. The van der Waals surface area contributed by atoms with Crippen molar-refractivity contribution < 1.29 is 9.21 Å². The molecule has 5 heteroatoms. The van der Waals surface area contributed by atoms with Crippen LogP contribution in [0.3, 0.4) is 0 Å². The molecule has 0 radical (unpaired) electrons. The average molecular weight is 312 g/mol. The average Bonchev–Trinajstić information content (AvgIpc) is 3.20. The molecule has 0 saturated carbocycles. The Bertz CT molecular complexity index is 720. The molecule has 2 heterocycles. The molecule has 0 aliphatic rings. The second kappa shape index (κ2) is 7.04. The van der Waals surface area contributed by atoms with Gasteiger partial charge in [0.25, 0.3) is 0 Å². The third-order valence-electron chi connectivity index (χ3n) is 3.19. The summed E-state index contributed by atoms with van der Waals surface area (Å²) in [5.74, 6) is 0.506. The SMILES string of the molecule is O=C(Cc1coc(-c2ccccc2)n1)NCCc1cccs1. The van der Waals surface area contributed by atoms with Crippen molar-refractivity contribution in [1.82, 2.24) is 10.3 Å². The van der Waals surface area contributed by atoms with E-state index in [1.165, 1.54) is 4.88 Å². The standard InChI is InChI=1S/C17H16N2O2S/c20-16(18-9-8-15-7-4-10-22-15)11-14-12-21-17(19-14)13-5-2-1-3-6-13/h1-7,10,12H,8-9,11H2,(H,18,20). The third-order valence-corrected chi connectivity index (χ3v) is 4.12. The maximum absolute atomic E-state index is 11.9. The van der Waals surface area contributed by atoms with E-state index in [0.717, 1.165) is 12.0 Å². The van der Waals surface area contributed by atoms with E-state index in [0.29, 0.717) is 18.1 Å². The van der Waals surface area contributed by atoms with Gasteiger partial charge in [0.1, 0.15) is 6.26 Å². The van der Waals surface area contributed by atoms with Crippen molar-refractivity contribution in [2.24, 2.45) is 0 Å². The monoisotopic (exact) mass is 312 g/mol. The molecule has 0 atom stereocenters. The Morgan fingerprint density at radius 3 is 2.82 bits per heavy atom. The Labute approximate surface area is 132 Å². The summed E-state index contributed by atoms with van der Waals surface area (Å²) in [5.41, 5.74) is 1.55. The van der Waals surface area contributed by atoms with Crippen LogP contribution in [0.4, 0.5) is 0 Å². The van der Waals surface area contributed by atoms with E-state index in [2.05, 4.69) is 16.4 Å². The van der Waals surface area contributed by atoms with Crippen molar-refractivity contribution in [3.63, 3.8) is 0 Å². The molecule has 0 aliphatic heterocycles. The Balaban J connectivity index is 1.50. The largest absolute Gasteiger partial charge is 0.444 e. The summed E-state index contributed by atoms with van der Waals surface area (Å²) in [7, 11) is 0. The van der Waals surface area contributed by atoms with Crippen LogP contribution in [0.1, 0.15) is 10.6 Å². The summed E-state index contributed by atoms with van der Waals surface area (Å²) in [6, 6.07) is 13.7. The van der Waals surface area contributed by atoms with Crippen LogP contribution in [-0.2, 0) is 17.6 Å². The van der Waals surface area contributed by atoms with Gasteiger partial charge in [-0.15, -0.1) is 11.3 Å². The van der Waals surface area contributed by atoms with Crippen LogP contribution in [0.15, 0.2) is 58.5 Å². The van der Waals surface area contributed by atoms with Gasteiger partial charge in [0, 0.05) is 17.0 Å². The Morgan fingerprint density at radius 1 is 1.18 bits per heavy atom. The van der Waals surface area contributed by atoms with Crippen LogP contribution >= 0.6 is 11.3 Å². The van der Waals surface area contributed by atoms with Crippen molar-refractivity contribution >= 4 is 17.2 Å². The van der Waals surface area contributed by atoms with Gasteiger partial charge in [0.2, 0.25) is 11.8 Å². The van der Waals surface area contributed by atoms with Gasteiger partial charge in [-0.1, -0.05) is 24.3 Å². The predicted octanol–water partition coefficient (Wildman–Crippen LogP) is 3.30. The number of benzene rings is 1. The van der Waals surface area contributed by atoms with E-state index < -0.39 is 0 Å². The van der Waals surface area contributed by atoms with Crippen LogP contribution < -0.4 is 5.32 Å². The number of hydrogen-bond acceptors (Lipinski definition) is 4. The second-order valence-corrected chi connectivity index (χ2v) is 5.90. The number of amides is 1. The lowest BCUT2D eigenvalue weighted by Gasteiger charge is -2.02. The molecule has 0 saturated heterocycles. The molecule has 1 amide bonds. The highest BCUT2D eigenvalue weighted by Gasteiger charge is 2.10. The molecular formula is C17H16N2O2S. The zero-order chi connectivity index (χ0) is 15.2. The van der Waals surface area contributed by atoms with Crippen molar-refractivity contribution in [3.05, 3.63) is 64.7 Å². The molecule has 2 aromatic heterocycles. The Hall–Kier alpha value is -2.40. The molecule has 0 aliphatic carbocycles. The zero-order valence-corrected chi connectivity index (χ0v) is 12.8. The van der Waals surface area contributed by atoms with E-state index in [4.69, 9.17) is 4.42 Å². The fourth-order valence-corrected chi connectivity index (χ4v) is 2.82. The van der Waals surface area contributed by atoms with Crippen LogP contribution in [0.25, 0.3) is 11.5 Å². The Kier molecular flexibility index (Phi) is 4.65. The number of nitrogens with zero attached hydrogens (tertiary/aromatic N) is 1. The molecule has 0 fully saturated rings. The van der Waals surface area contributed by atoms with E-state index in [9.17, 15) is 4.79 Å². The molecule has 3 aromatic rings. The summed E-state index contributed by atoms with van der Waals surface area (Å²) in [6.07, 6.45) is 2.64. The van der Waals surface area contributed by atoms with E-state index in [-0.39, 0.29) is 12.3 Å². The molecule has 112 valence electrons. The summed E-state index contributed by atoms with van der Waals surface area (Å²) < 4.78 is 5.43. The van der Waals surface area contributed by atoms with Crippen LogP contribution in [-0.4, -0.2) is 17.4 Å². The van der Waals surface area contributed by atoms with Crippen LogP contribution in [0.2, 0.25) is 0 Å². The van der Waals surface area contributed by atoms with Gasteiger partial charge in [-0.25, -0.2) is 4.98 Å². The molecular weight excluding hydrogens is 296 g/mol. The van der Waals surface area contributed by atoms with Crippen molar-refractivity contribution in [2.75, 3.05) is 6.54 Å². The van der Waals surface area contributed by atoms with E-state index in [1.54, 1.807) is 17.6 Å². The maximum Gasteiger partial charge on any atom is 0.226 e. The summed E-state index contributed by atoms with van der Waals surface area (Å²) >= 11 is 1.70. The Morgan fingerprint density at radius 2 is 2.05 bits per heavy atom. The quantitative estimate of drug-likeness (QED) is 0.760. The van der Waals surface area contributed by atoms with E-state index >= 15 is 0 Å². The first-order valence-corrected chi connectivity index (χ1v) is 7.98. The first kappa shape index (κ1) is 14.5. The van der Waals surface area contributed by atoms with Gasteiger partial charge in [0.05, 0.1) is 12.1 Å². The highest BCUT2D eigenvalue weighted by molar-refractivity contribution is 7.09. The molecule has 22 heavy (non-hydrogen) atoms.